The van der Waals surface area contributed by atoms with E-state index in [0.29, 0.717) is 0 Å². The van der Waals surface area contributed by atoms with Gasteiger partial charge < -0.3 is 9.80 Å². The number of fused-ring (bicyclic) bond motifs is 3. The van der Waals surface area contributed by atoms with Gasteiger partial charge in [-0.25, -0.2) is 0 Å². The first-order valence-corrected chi connectivity index (χ1v) is 16.4. The molecule has 0 aliphatic heterocycles. The van der Waals surface area contributed by atoms with Crippen molar-refractivity contribution in [1.29, 1.82) is 0 Å². The molecule has 0 aliphatic rings. The molecule has 0 unspecified atom stereocenters. The van der Waals surface area contributed by atoms with Crippen LogP contribution in [-0.4, -0.2) is 7.05 Å². The molecule has 0 aromatic heterocycles. The number of hydrogen-bond donors (Lipinski definition) is 0. The van der Waals surface area contributed by atoms with Gasteiger partial charge in [0, 0.05) is 35.5 Å². The fourth-order valence-corrected chi connectivity index (χ4v) is 6.33. The average Bonchev–Trinajstić information content (AvgIpc) is 3.14. The molecule has 48 heavy (non-hydrogen) atoms. The molecule has 0 spiro atoms. The Labute approximate surface area is 283 Å². The van der Waals surface area contributed by atoms with Crippen molar-refractivity contribution in [2.45, 2.75) is 6.92 Å². The SMILES string of the molecule is C=CC.CN(c1ccc(N(c2cccc(-c3ccccc3)c2)c2ccc3ccccc3c2)cc1)c1ccc2cc3ccccc3cc2c1. The maximum atomic E-state index is 3.36. The van der Waals surface area contributed by atoms with Crippen molar-refractivity contribution in [2.24, 2.45) is 0 Å². The van der Waals surface area contributed by atoms with E-state index >= 15 is 0 Å². The molecular formula is C46H38N2. The van der Waals surface area contributed by atoms with Crippen LogP contribution >= 0.6 is 0 Å². The minimum Gasteiger partial charge on any atom is -0.345 e. The maximum Gasteiger partial charge on any atom is 0.0468 e. The van der Waals surface area contributed by atoms with E-state index in [4.69, 9.17) is 0 Å². The van der Waals surface area contributed by atoms with Crippen LogP contribution in [0.4, 0.5) is 28.4 Å². The van der Waals surface area contributed by atoms with Crippen molar-refractivity contribution in [3.63, 3.8) is 0 Å². The van der Waals surface area contributed by atoms with Gasteiger partial charge >= 0.3 is 0 Å². The highest BCUT2D eigenvalue weighted by atomic mass is 15.1. The largest absolute Gasteiger partial charge is 0.345 e. The minimum atomic E-state index is 1.11. The van der Waals surface area contributed by atoms with Crippen LogP contribution in [0.3, 0.4) is 0 Å². The van der Waals surface area contributed by atoms with Gasteiger partial charge in [-0.1, -0.05) is 109 Å². The number of nitrogens with zero attached hydrogens (tertiary/aromatic N) is 2. The quantitative estimate of drug-likeness (QED) is 0.135. The van der Waals surface area contributed by atoms with Crippen molar-refractivity contribution >= 4 is 60.8 Å². The van der Waals surface area contributed by atoms with Gasteiger partial charge in [-0.3, -0.25) is 0 Å². The molecule has 0 N–H and O–H groups in total. The zero-order chi connectivity index (χ0) is 32.9. The van der Waals surface area contributed by atoms with E-state index in [-0.39, 0.29) is 0 Å². The highest BCUT2D eigenvalue weighted by Gasteiger charge is 2.15. The Balaban J connectivity index is 0.00000117. The summed E-state index contributed by atoms with van der Waals surface area (Å²) in [5.74, 6) is 0. The monoisotopic (exact) mass is 618 g/mol. The molecule has 8 rings (SSSR count). The summed E-state index contributed by atoms with van der Waals surface area (Å²) in [5.41, 5.74) is 8.05. The van der Waals surface area contributed by atoms with Gasteiger partial charge in [0.2, 0.25) is 0 Å². The van der Waals surface area contributed by atoms with Crippen LogP contribution in [0.2, 0.25) is 0 Å². The van der Waals surface area contributed by atoms with Gasteiger partial charge in [0.1, 0.15) is 0 Å². The van der Waals surface area contributed by atoms with Gasteiger partial charge in [0.25, 0.3) is 0 Å². The summed E-state index contributed by atoms with van der Waals surface area (Å²) in [6.45, 7) is 5.25. The third-order valence-corrected chi connectivity index (χ3v) is 8.77. The van der Waals surface area contributed by atoms with Crippen LogP contribution in [0.25, 0.3) is 43.4 Å². The Morgan fingerprint density at radius 2 is 0.833 bits per heavy atom. The zero-order valence-electron chi connectivity index (χ0n) is 27.4. The number of anilines is 5. The van der Waals surface area contributed by atoms with Crippen LogP contribution in [0.1, 0.15) is 6.92 Å². The van der Waals surface area contributed by atoms with Gasteiger partial charge in [-0.15, -0.1) is 6.58 Å². The summed E-state index contributed by atoms with van der Waals surface area (Å²) in [7, 11) is 2.14. The number of benzene rings is 8. The molecule has 0 aliphatic carbocycles. The Kier molecular flexibility index (Phi) is 8.72. The molecule has 0 fully saturated rings. The van der Waals surface area contributed by atoms with Crippen LogP contribution in [0.15, 0.2) is 189 Å². The van der Waals surface area contributed by atoms with Crippen molar-refractivity contribution < 1.29 is 0 Å². The van der Waals surface area contributed by atoms with E-state index in [1.165, 1.54) is 43.4 Å². The van der Waals surface area contributed by atoms with E-state index < -0.39 is 0 Å². The standard InChI is InChI=1S/C43H32N2.C3H6/c1-44(41-20-19-37-26-33-13-7-8-14-34(33)27-38(37)30-41)39-22-24-40(25-23-39)45(43-21-18-32-12-5-6-15-35(32)29-43)42-17-9-16-36(28-42)31-10-3-2-4-11-31;1-3-2/h2-30H,1H3;3H,1H2,2H3. The first kappa shape index (κ1) is 30.5. The molecule has 232 valence electrons. The molecule has 8 aromatic rings. The summed E-state index contributed by atoms with van der Waals surface area (Å²) in [6.07, 6.45) is 1.75. The lowest BCUT2D eigenvalue weighted by Gasteiger charge is -2.27. The van der Waals surface area contributed by atoms with Crippen molar-refractivity contribution in [1.82, 2.24) is 0 Å². The van der Waals surface area contributed by atoms with Crippen molar-refractivity contribution in [2.75, 3.05) is 16.8 Å². The van der Waals surface area contributed by atoms with E-state index in [9.17, 15) is 0 Å². The Morgan fingerprint density at radius 1 is 0.375 bits per heavy atom. The fraction of sp³-hybridized carbons (Fsp3) is 0.0435. The first-order valence-electron chi connectivity index (χ1n) is 16.4. The van der Waals surface area contributed by atoms with Crippen LogP contribution < -0.4 is 9.80 Å². The lowest BCUT2D eigenvalue weighted by atomic mass is 10.0. The molecular weight excluding hydrogens is 581 g/mol. The number of allylic oxidation sites excluding steroid dienone is 1. The number of rotatable bonds is 6. The highest BCUT2D eigenvalue weighted by molar-refractivity contribution is 5.99. The van der Waals surface area contributed by atoms with Gasteiger partial charge in [-0.05, 0) is 123 Å². The third kappa shape index (κ3) is 6.29. The van der Waals surface area contributed by atoms with Gasteiger partial charge in [0.05, 0.1) is 0 Å². The lowest BCUT2D eigenvalue weighted by Crippen LogP contribution is -2.12. The Morgan fingerprint density at radius 3 is 1.54 bits per heavy atom. The second-order valence-corrected chi connectivity index (χ2v) is 12.0. The van der Waals surface area contributed by atoms with E-state index in [0.717, 1.165) is 28.4 Å². The van der Waals surface area contributed by atoms with E-state index in [2.05, 4.69) is 199 Å². The Bertz CT molecular complexity index is 2340. The molecule has 0 saturated heterocycles. The maximum absolute atomic E-state index is 3.36. The minimum absolute atomic E-state index is 1.11. The second kappa shape index (κ2) is 13.7. The smallest absolute Gasteiger partial charge is 0.0468 e. The first-order chi connectivity index (χ1) is 23.6. The van der Waals surface area contributed by atoms with E-state index in [1.807, 2.05) is 6.92 Å². The predicted octanol–water partition coefficient (Wildman–Crippen LogP) is 13.2. The van der Waals surface area contributed by atoms with E-state index in [1.54, 1.807) is 6.08 Å². The summed E-state index contributed by atoms with van der Waals surface area (Å²) < 4.78 is 0. The van der Waals surface area contributed by atoms with Gasteiger partial charge in [-0.2, -0.15) is 0 Å². The third-order valence-electron chi connectivity index (χ3n) is 8.77. The number of hydrogen-bond acceptors (Lipinski definition) is 2. The molecule has 0 radical (unpaired) electrons. The fourth-order valence-electron chi connectivity index (χ4n) is 6.33. The molecule has 0 bridgehead atoms. The summed E-state index contributed by atoms with van der Waals surface area (Å²) in [5, 5.41) is 7.49. The average molecular weight is 619 g/mol. The molecule has 8 aromatic carbocycles. The van der Waals surface area contributed by atoms with Crippen molar-refractivity contribution in [3.05, 3.63) is 189 Å². The molecule has 2 heteroatoms. The second-order valence-electron chi connectivity index (χ2n) is 12.0. The van der Waals surface area contributed by atoms with Crippen molar-refractivity contribution in [3.8, 4) is 11.1 Å². The van der Waals surface area contributed by atoms with Crippen LogP contribution in [0, 0.1) is 0 Å². The molecule has 0 heterocycles. The molecule has 0 amide bonds. The normalized spacial score (nSPS) is 10.8. The molecule has 2 nitrogen and oxygen atoms in total. The molecule has 0 atom stereocenters. The molecule has 0 saturated carbocycles. The predicted molar refractivity (Wildman–Crippen MR) is 209 cm³/mol. The zero-order valence-corrected chi connectivity index (χ0v) is 27.4. The topological polar surface area (TPSA) is 6.48 Å². The van der Waals surface area contributed by atoms with Crippen LogP contribution in [0.5, 0.6) is 0 Å². The van der Waals surface area contributed by atoms with Gasteiger partial charge in [0.15, 0.2) is 0 Å². The Hall–Kier alpha value is -6.12. The van der Waals surface area contributed by atoms with Crippen LogP contribution in [-0.2, 0) is 0 Å². The highest BCUT2D eigenvalue weighted by Crippen LogP contribution is 2.39. The lowest BCUT2D eigenvalue weighted by molar-refractivity contribution is 1.21. The summed E-state index contributed by atoms with van der Waals surface area (Å²) in [6, 6.07) is 63.4. The summed E-state index contributed by atoms with van der Waals surface area (Å²) in [4.78, 5) is 4.61. The summed E-state index contributed by atoms with van der Waals surface area (Å²) >= 11 is 0.